The lowest BCUT2D eigenvalue weighted by atomic mass is 10.7. The van der Waals surface area contributed by atoms with E-state index in [9.17, 15) is 0 Å². The standard InChI is InChI=1S/C4H7BrN2O/c1-3(6)8-4(7)2-5/h6-7H,2H2,1H3. The first kappa shape index (κ1) is 7.62. The number of rotatable bonds is 1. The molecular formula is C4H7BrN2O. The van der Waals surface area contributed by atoms with Crippen molar-refractivity contribution in [3.05, 3.63) is 0 Å². The molecular weight excluding hydrogens is 172 g/mol. The second-order valence-corrected chi connectivity index (χ2v) is 1.78. The summed E-state index contributed by atoms with van der Waals surface area (Å²) in [7, 11) is 0. The minimum absolute atomic E-state index is 0.0504. The first-order chi connectivity index (χ1) is 3.66. The number of hydrogen-bond acceptors (Lipinski definition) is 3. The summed E-state index contributed by atoms with van der Waals surface area (Å²) in [6.45, 7) is 1.48. The van der Waals surface area contributed by atoms with Gasteiger partial charge in [-0.05, 0) is 0 Å². The van der Waals surface area contributed by atoms with E-state index in [0.29, 0.717) is 5.33 Å². The molecule has 4 heteroatoms. The van der Waals surface area contributed by atoms with Crippen molar-refractivity contribution in [2.75, 3.05) is 5.33 Å². The Morgan fingerprint density at radius 1 is 1.62 bits per heavy atom. The average molecular weight is 179 g/mol. The van der Waals surface area contributed by atoms with E-state index < -0.39 is 0 Å². The Hall–Kier alpha value is -0.380. The molecule has 0 aromatic rings. The van der Waals surface area contributed by atoms with Crippen LogP contribution in [0, 0.1) is 10.8 Å². The molecule has 0 radical (unpaired) electrons. The monoisotopic (exact) mass is 178 g/mol. The van der Waals surface area contributed by atoms with E-state index in [2.05, 4.69) is 20.7 Å². The van der Waals surface area contributed by atoms with Crippen LogP contribution in [0.15, 0.2) is 0 Å². The second-order valence-electron chi connectivity index (χ2n) is 1.22. The molecule has 0 aliphatic heterocycles. The van der Waals surface area contributed by atoms with E-state index in [1.807, 2.05) is 0 Å². The highest BCUT2D eigenvalue weighted by molar-refractivity contribution is 9.09. The third-order valence-electron chi connectivity index (χ3n) is 0.398. The molecule has 0 amide bonds. The molecule has 0 spiro atoms. The van der Waals surface area contributed by atoms with Crippen LogP contribution in [-0.4, -0.2) is 17.1 Å². The Labute approximate surface area is 56.2 Å². The quantitative estimate of drug-likeness (QED) is 0.356. The van der Waals surface area contributed by atoms with Crippen molar-refractivity contribution >= 4 is 27.7 Å². The molecule has 0 saturated carbocycles. The van der Waals surface area contributed by atoms with Gasteiger partial charge in [-0.25, -0.2) is 0 Å². The Balaban J connectivity index is 3.40. The maximum absolute atomic E-state index is 6.86. The SMILES string of the molecule is CC(=N)OC(=N)CBr. The van der Waals surface area contributed by atoms with Crippen molar-refractivity contribution < 1.29 is 4.74 Å². The van der Waals surface area contributed by atoms with E-state index in [1.54, 1.807) is 0 Å². The van der Waals surface area contributed by atoms with Gasteiger partial charge in [-0.1, -0.05) is 15.9 Å². The van der Waals surface area contributed by atoms with Crippen molar-refractivity contribution in [1.29, 1.82) is 10.8 Å². The molecule has 0 aromatic carbocycles. The fourth-order valence-corrected chi connectivity index (χ4v) is 0.327. The molecule has 3 nitrogen and oxygen atoms in total. The van der Waals surface area contributed by atoms with Gasteiger partial charge in [-0.15, -0.1) is 0 Å². The first-order valence-corrected chi connectivity index (χ1v) is 3.15. The van der Waals surface area contributed by atoms with Gasteiger partial charge in [-0.3, -0.25) is 10.8 Å². The second kappa shape index (κ2) is 3.60. The molecule has 0 aliphatic carbocycles. The van der Waals surface area contributed by atoms with Crippen molar-refractivity contribution in [3.63, 3.8) is 0 Å². The Morgan fingerprint density at radius 3 is 2.25 bits per heavy atom. The molecule has 0 saturated heterocycles. The van der Waals surface area contributed by atoms with Gasteiger partial charge in [0.1, 0.15) is 0 Å². The molecule has 0 bridgehead atoms. The zero-order valence-electron chi connectivity index (χ0n) is 4.49. The number of ether oxygens (including phenoxy) is 1. The largest absolute Gasteiger partial charge is 0.429 e. The van der Waals surface area contributed by atoms with Crippen LogP contribution >= 0.6 is 15.9 Å². The highest BCUT2D eigenvalue weighted by atomic mass is 79.9. The maximum Gasteiger partial charge on any atom is 0.199 e. The van der Waals surface area contributed by atoms with Gasteiger partial charge < -0.3 is 4.74 Å². The number of halogens is 1. The van der Waals surface area contributed by atoms with Crippen LogP contribution in [0.5, 0.6) is 0 Å². The molecule has 0 heterocycles. The van der Waals surface area contributed by atoms with Crippen LogP contribution in [0.3, 0.4) is 0 Å². The fourth-order valence-electron chi connectivity index (χ4n) is 0.212. The highest BCUT2D eigenvalue weighted by Gasteiger charge is 1.93. The van der Waals surface area contributed by atoms with Gasteiger partial charge in [0.25, 0.3) is 0 Å². The summed E-state index contributed by atoms with van der Waals surface area (Å²) in [5.74, 6) is 0.118. The molecule has 46 valence electrons. The van der Waals surface area contributed by atoms with E-state index in [-0.39, 0.29) is 11.8 Å². The summed E-state index contributed by atoms with van der Waals surface area (Å²) < 4.78 is 4.52. The van der Waals surface area contributed by atoms with Crippen LogP contribution < -0.4 is 0 Å². The average Bonchev–Trinajstić information content (AvgIpc) is 1.65. The van der Waals surface area contributed by atoms with Crippen LogP contribution in [0.4, 0.5) is 0 Å². The summed E-state index contributed by atoms with van der Waals surface area (Å²) >= 11 is 3.00. The lowest BCUT2D eigenvalue weighted by Gasteiger charge is -1.98. The lowest BCUT2D eigenvalue weighted by Crippen LogP contribution is -2.07. The number of alkyl halides is 1. The normalized spacial score (nSPS) is 8.25. The van der Waals surface area contributed by atoms with Gasteiger partial charge >= 0.3 is 0 Å². The van der Waals surface area contributed by atoms with Crippen molar-refractivity contribution in [3.8, 4) is 0 Å². The van der Waals surface area contributed by atoms with E-state index >= 15 is 0 Å². The zero-order chi connectivity index (χ0) is 6.57. The van der Waals surface area contributed by atoms with Crippen molar-refractivity contribution in [2.45, 2.75) is 6.92 Å². The zero-order valence-corrected chi connectivity index (χ0v) is 6.08. The van der Waals surface area contributed by atoms with Gasteiger partial charge in [0.15, 0.2) is 11.8 Å². The molecule has 8 heavy (non-hydrogen) atoms. The minimum Gasteiger partial charge on any atom is -0.429 e. The maximum atomic E-state index is 6.86. The van der Waals surface area contributed by atoms with Crippen molar-refractivity contribution in [2.24, 2.45) is 0 Å². The molecule has 2 N–H and O–H groups in total. The topological polar surface area (TPSA) is 56.9 Å². The first-order valence-electron chi connectivity index (χ1n) is 2.03. The summed E-state index contributed by atoms with van der Waals surface area (Å²) in [5.41, 5.74) is 0. The van der Waals surface area contributed by atoms with E-state index in [4.69, 9.17) is 10.8 Å². The molecule has 0 unspecified atom stereocenters. The van der Waals surface area contributed by atoms with Crippen LogP contribution in [0.2, 0.25) is 0 Å². The fraction of sp³-hybridized carbons (Fsp3) is 0.500. The highest BCUT2D eigenvalue weighted by Crippen LogP contribution is 1.85. The molecule has 0 aromatic heterocycles. The Bertz CT molecular complexity index is 113. The summed E-state index contributed by atoms with van der Waals surface area (Å²) in [4.78, 5) is 0. The van der Waals surface area contributed by atoms with Gasteiger partial charge in [-0.2, -0.15) is 0 Å². The third kappa shape index (κ3) is 3.80. The molecule has 0 fully saturated rings. The summed E-state index contributed by atoms with van der Waals surface area (Å²) in [5, 5.41) is 14.0. The van der Waals surface area contributed by atoms with E-state index in [1.165, 1.54) is 6.92 Å². The van der Waals surface area contributed by atoms with Gasteiger partial charge in [0.2, 0.25) is 0 Å². The molecule has 0 aliphatic rings. The van der Waals surface area contributed by atoms with Crippen molar-refractivity contribution in [1.82, 2.24) is 0 Å². The lowest BCUT2D eigenvalue weighted by molar-refractivity contribution is 0.528. The van der Waals surface area contributed by atoms with Gasteiger partial charge in [0, 0.05) is 6.92 Å². The van der Waals surface area contributed by atoms with Gasteiger partial charge in [0.05, 0.1) is 5.33 Å². The third-order valence-corrected chi connectivity index (χ3v) is 0.907. The Kier molecular flexibility index (Phi) is 3.43. The predicted molar refractivity (Wildman–Crippen MR) is 36.0 cm³/mol. The predicted octanol–water partition coefficient (Wildman–Crippen LogP) is 1.37. The summed E-state index contributed by atoms with van der Waals surface area (Å²) in [6.07, 6.45) is 0. The smallest absolute Gasteiger partial charge is 0.199 e. The number of nitrogens with one attached hydrogen (secondary N) is 2. The van der Waals surface area contributed by atoms with Crippen LogP contribution in [-0.2, 0) is 4.74 Å². The number of hydrogen-bond donors (Lipinski definition) is 2. The van der Waals surface area contributed by atoms with E-state index in [0.717, 1.165) is 0 Å². The molecule has 0 atom stereocenters. The Morgan fingerprint density at radius 2 is 2.12 bits per heavy atom. The van der Waals surface area contributed by atoms with Crippen LogP contribution in [0.25, 0.3) is 0 Å². The summed E-state index contributed by atoms with van der Waals surface area (Å²) in [6, 6.07) is 0. The minimum atomic E-state index is 0.0504. The van der Waals surface area contributed by atoms with Crippen LogP contribution in [0.1, 0.15) is 6.92 Å². The molecule has 0 rings (SSSR count).